The lowest BCUT2D eigenvalue weighted by atomic mass is 10.3. The number of amides is 1. The molecule has 1 N–H and O–H groups in total. The van der Waals surface area contributed by atoms with Crippen LogP contribution in [0.1, 0.15) is 0 Å². The van der Waals surface area contributed by atoms with Gasteiger partial charge in [0, 0.05) is 18.1 Å². The molecule has 0 unspecified atom stereocenters. The van der Waals surface area contributed by atoms with Gasteiger partial charge in [0.2, 0.25) is 0 Å². The van der Waals surface area contributed by atoms with Crippen LogP contribution in [0.4, 0.5) is 4.39 Å². The summed E-state index contributed by atoms with van der Waals surface area (Å²) in [6, 6.07) is 5.56. The van der Waals surface area contributed by atoms with Gasteiger partial charge in [-0.1, -0.05) is 6.08 Å². The van der Waals surface area contributed by atoms with Crippen LogP contribution in [0.5, 0.6) is 5.75 Å². The largest absolute Gasteiger partial charge is 0.484 e. The Morgan fingerprint density at radius 1 is 1.44 bits per heavy atom. The maximum Gasteiger partial charge on any atom is 0.257 e. The van der Waals surface area contributed by atoms with E-state index in [2.05, 4.69) is 11.9 Å². The van der Waals surface area contributed by atoms with E-state index in [1.54, 1.807) is 11.8 Å². The van der Waals surface area contributed by atoms with Crippen molar-refractivity contribution in [3.05, 3.63) is 42.7 Å². The van der Waals surface area contributed by atoms with Crippen molar-refractivity contribution in [3.63, 3.8) is 0 Å². The predicted octanol–water partition coefficient (Wildman–Crippen LogP) is 2.24. The molecular weight excluding hydrogens is 253 g/mol. The molecule has 0 saturated heterocycles. The number of carbonyl (C=O) groups is 1. The Morgan fingerprint density at radius 3 is 2.83 bits per heavy atom. The van der Waals surface area contributed by atoms with Gasteiger partial charge in [-0.05, 0) is 24.3 Å². The molecule has 1 amide bonds. The summed E-state index contributed by atoms with van der Waals surface area (Å²) in [5.74, 6) is 1.69. The summed E-state index contributed by atoms with van der Waals surface area (Å²) < 4.78 is 17.8. The van der Waals surface area contributed by atoms with E-state index in [-0.39, 0.29) is 18.3 Å². The summed E-state index contributed by atoms with van der Waals surface area (Å²) in [6.45, 7) is 4.15. The molecule has 0 aliphatic carbocycles. The summed E-state index contributed by atoms with van der Waals surface area (Å²) in [6.07, 6.45) is 1.82. The van der Waals surface area contributed by atoms with Crippen molar-refractivity contribution in [2.75, 3.05) is 24.7 Å². The Bertz CT molecular complexity index is 381. The minimum atomic E-state index is -0.328. The molecule has 0 aliphatic heterocycles. The van der Waals surface area contributed by atoms with Gasteiger partial charge in [-0.15, -0.1) is 6.58 Å². The standard InChI is InChI=1S/C13H16FNO2S/c1-2-8-18-9-7-15-13(16)10-17-12-5-3-11(14)4-6-12/h2-6H,1,7-10H2,(H,15,16). The second-order valence-corrected chi connectivity index (χ2v) is 4.61. The fourth-order valence-electron chi connectivity index (χ4n) is 1.16. The SMILES string of the molecule is C=CCSCCNC(=O)COc1ccc(F)cc1. The van der Waals surface area contributed by atoms with Crippen LogP contribution in [-0.2, 0) is 4.79 Å². The van der Waals surface area contributed by atoms with Crippen LogP contribution in [0.25, 0.3) is 0 Å². The van der Waals surface area contributed by atoms with Crippen molar-refractivity contribution in [2.24, 2.45) is 0 Å². The zero-order valence-electron chi connectivity index (χ0n) is 10.0. The molecule has 0 fully saturated rings. The van der Waals surface area contributed by atoms with Gasteiger partial charge in [0.25, 0.3) is 5.91 Å². The lowest BCUT2D eigenvalue weighted by Gasteiger charge is -2.07. The molecule has 0 aliphatic rings. The number of carbonyl (C=O) groups excluding carboxylic acids is 1. The van der Waals surface area contributed by atoms with Gasteiger partial charge in [-0.3, -0.25) is 4.79 Å². The molecule has 0 spiro atoms. The van der Waals surface area contributed by atoms with Gasteiger partial charge in [0.1, 0.15) is 11.6 Å². The molecule has 0 bridgehead atoms. The van der Waals surface area contributed by atoms with Crippen LogP contribution in [0, 0.1) is 5.82 Å². The fraction of sp³-hybridized carbons (Fsp3) is 0.308. The molecule has 0 radical (unpaired) electrons. The summed E-state index contributed by atoms with van der Waals surface area (Å²) in [7, 11) is 0. The maximum atomic E-state index is 12.6. The van der Waals surface area contributed by atoms with Crippen LogP contribution in [0.2, 0.25) is 0 Å². The fourth-order valence-corrected chi connectivity index (χ4v) is 1.74. The predicted molar refractivity (Wildman–Crippen MR) is 72.4 cm³/mol. The number of ether oxygens (including phenoxy) is 1. The molecule has 0 atom stereocenters. The molecule has 5 heteroatoms. The van der Waals surface area contributed by atoms with Gasteiger partial charge in [-0.2, -0.15) is 11.8 Å². The average Bonchev–Trinajstić information content (AvgIpc) is 2.38. The van der Waals surface area contributed by atoms with Crippen molar-refractivity contribution in [3.8, 4) is 5.75 Å². The second-order valence-electron chi connectivity index (χ2n) is 3.46. The Morgan fingerprint density at radius 2 is 2.17 bits per heavy atom. The number of benzene rings is 1. The Kier molecular flexibility index (Phi) is 6.94. The van der Waals surface area contributed by atoms with Gasteiger partial charge in [0.05, 0.1) is 0 Å². The van der Waals surface area contributed by atoms with Gasteiger partial charge < -0.3 is 10.1 Å². The van der Waals surface area contributed by atoms with Crippen molar-refractivity contribution < 1.29 is 13.9 Å². The average molecular weight is 269 g/mol. The summed E-state index contributed by atoms with van der Waals surface area (Å²) >= 11 is 1.70. The first-order chi connectivity index (χ1) is 8.72. The number of nitrogens with one attached hydrogen (secondary N) is 1. The summed E-state index contributed by atoms with van der Waals surface area (Å²) in [5.41, 5.74) is 0. The van der Waals surface area contributed by atoms with E-state index in [0.29, 0.717) is 12.3 Å². The van der Waals surface area contributed by atoms with Crippen LogP contribution >= 0.6 is 11.8 Å². The normalized spacial score (nSPS) is 9.83. The van der Waals surface area contributed by atoms with Crippen molar-refractivity contribution in [1.82, 2.24) is 5.32 Å². The van der Waals surface area contributed by atoms with Gasteiger partial charge in [0.15, 0.2) is 6.61 Å². The van der Waals surface area contributed by atoms with E-state index in [1.807, 2.05) is 6.08 Å². The van der Waals surface area contributed by atoms with E-state index in [4.69, 9.17) is 4.74 Å². The topological polar surface area (TPSA) is 38.3 Å². The van der Waals surface area contributed by atoms with Crippen LogP contribution in [0.3, 0.4) is 0 Å². The van der Waals surface area contributed by atoms with E-state index >= 15 is 0 Å². The Balaban J connectivity index is 2.13. The Hall–Kier alpha value is -1.49. The molecule has 1 aromatic rings. The zero-order chi connectivity index (χ0) is 13.2. The van der Waals surface area contributed by atoms with Gasteiger partial charge in [-0.25, -0.2) is 4.39 Å². The van der Waals surface area contributed by atoms with E-state index in [0.717, 1.165) is 11.5 Å². The first-order valence-electron chi connectivity index (χ1n) is 5.56. The van der Waals surface area contributed by atoms with Crippen LogP contribution in [-0.4, -0.2) is 30.6 Å². The Labute approximate surface area is 110 Å². The molecule has 3 nitrogen and oxygen atoms in total. The lowest BCUT2D eigenvalue weighted by molar-refractivity contribution is -0.122. The van der Waals surface area contributed by atoms with Crippen LogP contribution in [0.15, 0.2) is 36.9 Å². The number of thioether (sulfide) groups is 1. The molecule has 98 valence electrons. The summed E-state index contributed by atoms with van der Waals surface area (Å²) in [5, 5.41) is 2.73. The molecule has 0 aromatic heterocycles. The first-order valence-corrected chi connectivity index (χ1v) is 6.71. The second kappa shape index (κ2) is 8.58. The van der Waals surface area contributed by atoms with Crippen molar-refractivity contribution in [2.45, 2.75) is 0 Å². The third kappa shape index (κ3) is 6.30. The summed E-state index contributed by atoms with van der Waals surface area (Å²) in [4.78, 5) is 11.4. The molecule has 0 saturated carbocycles. The highest BCUT2D eigenvalue weighted by Gasteiger charge is 2.02. The highest BCUT2D eigenvalue weighted by molar-refractivity contribution is 7.99. The van der Waals surface area contributed by atoms with E-state index in [1.165, 1.54) is 24.3 Å². The third-order valence-corrected chi connectivity index (χ3v) is 2.95. The molecule has 0 heterocycles. The first kappa shape index (κ1) is 14.6. The molecule has 1 aromatic carbocycles. The number of hydrogen-bond acceptors (Lipinski definition) is 3. The number of halogens is 1. The van der Waals surface area contributed by atoms with Crippen LogP contribution < -0.4 is 10.1 Å². The minimum Gasteiger partial charge on any atom is -0.484 e. The van der Waals surface area contributed by atoms with Gasteiger partial charge >= 0.3 is 0 Å². The molecular formula is C13H16FNO2S. The monoisotopic (exact) mass is 269 g/mol. The number of rotatable bonds is 8. The molecule has 1 rings (SSSR count). The molecule has 18 heavy (non-hydrogen) atoms. The van der Waals surface area contributed by atoms with Crippen molar-refractivity contribution >= 4 is 17.7 Å². The van der Waals surface area contributed by atoms with E-state index in [9.17, 15) is 9.18 Å². The third-order valence-electron chi connectivity index (χ3n) is 1.99. The highest BCUT2D eigenvalue weighted by Crippen LogP contribution is 2.10. The minimum absolute atomic E-state index is 0.0578. The maximum absolute atomic E-state index is 12.6. The lowest BCUT2D eigenvalue weighted by Crippen LogP contribution is -2.30. The number of hydrogen-bond donors (Lipinski definition) is 1. The van der Waals surface area contributed by atoms with E-state index < -0.39 is 0 Å². The van der Waals surface area contributed by atoms with Crippen molar-refractivity contribution in [1.29, 1.82) is 0 Å². The smallest absolute Gasteiger partial charge is 0.257 e. The quantitative estimate of drug-likeness (QED) is 0.581. The highest BCUT2D eigenvalue weighted by atomic mass is 32.2. The zero-order valence-corrected chi connectivity index (χ0v) is 10.8.